The van der Waals surface area contributed by atoms with E-state index in [0.29, 0.717) is 5.92 Å². The maximum Gasteiger partial charge on any atom is 0.168 e. The molecule has 114 valence electrons. The molecular formula is C17H34O2. The highest BCUT2D eigenvalue weighted by atomic mass is 16.7. The van der Waals surface area contributed by atoms with Gasteiger partial charge in [-0.2, -0.15) is 0 Å². The maximum absolute atomic E-state index is 6.11. The summed E-state index contributed by atoms with van der Waals surface area (Å²) in [6.45, 7) is 8.55. The van der Waals surface area contributed by atoms with Gasteiger partial charge < -0.3 is 9.47 Å². The Morgan fingerprint density at radius 3 is 2.05 bits per heavy atom. The van der Waals surface area contributed by atoms with Gasteiger partial charge in [0.1, 0.15) is 0 Å². The number of unbranched alkanes of at least 4 members (excludes halogenated alkanes) is 5. The zero-order valence-corrected chi connectivity index (χ0v) is 13.4. The molecule has 0 spiro atoms. The molecule has 0 aromatic heterocycles. The van der Waals surface area contributed by atoms with Crippen molar-refractivity contribution in [2.45, 2.75) is 90.8 Å². The van der Waals surface area contributed by atoms with Gasteiger partial charge in [-0.05, 0) is 25.2 Å². The molecule has 0 atom stereocenters. The van der Waals surface area contributed by atoms with Gasteiger partial charge in [-0.1, -0.05) is 52.9 Å². The van der Waals surface area contributed by atoms with E-state index in [1.54, 1.807) is 0 Å². The third-order valence-electron chi connectivity index (χ3n) is 3.90. The Kier molecular flexibility index (Phi) is 8.72. The van der Waals surface area contributed by atoms with Gasteiger partial charge in [0.05, 0.1) is 13.2 Å². The first kappa shape index (κ1) is 17.0. The topological polar surface area (TPSA) is 18.5 Å². The second-order valence-electron chi connectivity index (χ2n) is 6.43. The minimum Gasteiger partial charge on any atom is -0.350 e. The number of hydrogen-bond acceptors (Lipinski definition) is 2. The molecule has 0 amide bonds. The van der Waals surface area contributed by atoms with E-state index in [9.17, 15) is 0 Å². The lowest BCUT2D eigenvalue weighted by Gasteiger charge is -2.34. The third-order valence-corrected chi connectivity index (χ3v) is 3.90. The van der Waals surface area contributed by atoms with Gasteiger partial charge in [0, 0.05) is 12.8 Å². The van der Waals surface area contributed by atoms with Crippen LogP contribution in [0.5, 0.6) is 0 Å². The van der Waals surface area contributed by atoms with Crippen molar-refractivity contribution in [3.05, 3.63) is 0 Å². The molecule has 0 aromatic rings. The molecule has 1 heterocycles. The Morgan fingerprint density at radius 2 is 1.47 bits per heavy atom. The number of ether oxygens (including phenoxy) is 2. The van der Waals surface area contributed by atoms with Crippen molar-refractivity contribution >= 4 is 0 Å². The summed E-state index contributed by atoms with van der Waals surface area (Å²) < 4.78 is 12.2. The van der Waals surface area contributed by atoms with Gasteiger partial charge in [-0.3, -0.25) is 0 Å². The van der Waals surface area contributed by atoms with Gasteiger partial charge in [0.15, 0.2) is 5.79 Å². The van der Waals surface area contributed by atoms with E-state index in [4.69, 9.17) is 9.47 Å². The molecule has 2 nitrogen and oxygen atoms in total. The minimum absolute atomic E-state index is 0.268. The van der Waals surface area contributed by atoms with Crippen molar-refractivity contribution in [1.82, 2.24) is 0 Å². The van der Waals surface area contributed by atoms with Crippen molar-refractivity contribution in [3.63, 3.8) is 0 Å². The van der Waals surface area contributed by atoms with Crippen molar-refractivity contribution in [2.75, 3.05) is 13.2 Å². The molecule has 0 bridgehead atoms. The van der Waals surface area contributed by atoms with Crippen LogP contribution in [0, 0.1) is 5.92 Å². The predicted octanol–water partition coefficient (Wildman–Crippen LogP) is 5.31. The van der Waals surface area contributed by atoms with Crippen LogP contribution in [0.25, 0.3) is 0 Å². The van der Waals surface area contributed by atoms with E-state index in [2.05, 4.69) is 20.8 Å². The highest BCUT2D eigenvalue weighted by Gasteiger charge is 2.33. The van der Waals surface area contributed by atoms with E-state index < -0.39 is 0 Å². The lowest BCUT2D eigenvalue weighted by atomic mass is 9.96. The quantitative estimate of drug-likeness (QED) is 0.529. The van der Waals surface area contributed by atoms with Gasteiger partial charge in [-0.15, -0.1) is 0 Å². The molecule has 0 radical (unpaired) electrons. The highest BCUT2D eigenvalue weighted by molar-refractivity contribution is 4.74. The lowest BCUT2D eigenvalue weighted by molar-refractivity contribution is -0.238. The Morgan fingerprint density at radius 1 is 0.895 bits per heavy atom. The van der Waals surface area contributed by atoms with Crippen LogP contribution in [0.15, 0.2) is 0 Å². The first-order valence-corrected chi connectivity index (χ1v) is 8.46. The van der Waals surface area contributed by atoms with E-state index in [1.807, 2.05) is 0 Å². The summed E-state index contributed by atoms with van der Waals surface area (Å²) in [5.41, 5.74) is 0. The fraction of sp³-hybridized carbons (Fsp3) is 1.00. The van der Waals surface area contributed by atoms with Crippen LogP contribution in [0.1, 0.15) is 85.0 Å². The van der Waals surface area contributed by atoms with E-state index in [0.717, 1.165) is 38.9 Å². The van der Waals surface area contributed by atoms with Crippen LogP contribution in [0.2, 0.25) is 0 Å². The van der Waals surface area contributed by atoms with Crippen LogP contribution in [0.4, 0.5) is 0 Å². The number of rotatable bonds is 9. The van der Waals surface area contributed by atoms with Crippen molar-refractivity contribution in [1.29, 1.82) is 0 Å². The van der Waals surface area contributed by atoms with Crippen molar-refractivity contribution in [3.8, 4) is 0 Å². The Balaban J connectivity index is 2.32. The summed E-state index contributed by atoms with van der Waals surface area (Å²) in [5, 5.41) is 0. The summed E-state index contributed by atoms with van der Waals surface area (Å²) in [7, 11) is 0. The summed E-state index contributed by atoms with van der Waals surface area (Å²) in [6, 6.07) is 0. The maximum atomic E-state index is 6.11. The normalized spacial score (nSPS) is 19.6. The monoisotopic (exact) mass is 270 g/mol. The average molecular weight is 270 g/mol. The van der Waals surface area contributed by atoms with Crippen LogP contribution >= 0.6 is 0 Å². The highest BCUT2D eigenvalue weighted by Crippen LogP contribution is 2.31. The lowest BCUT2D eigenvalue weighted by Crippen LogP contribution is -2.37. The van der Waals surface area contributed by atoms with Gasteiger partial charge in [0.2, 0.25) is 0 Å². The number of hydrogen-bond donors (Lipinski definition) is 0. The second kappa shape index (κ2) is 9.77. The minimum atomic E-state index is -0.268. The molecule has 1 rings (SSSR count). The Labute approximate surface area is 120 Å². The van der Waals surface area contributed by atoms with Crippen LogP contribution < -0.4 is 0 Å². The Bertz CT molecular complexity index is 205. The first-order chi connectivity index (χ1) is 9.18. The van der Waals surface area contributed by atoms with Gasteiger partial charge in [0.25, 0.3) is 0 Å². The predicted molar refractivity (Wildman–Crippen MR) is 81.3 cm³/mol. The van der Waals surface area contributed by atoms with Crippen molar-refractivity contribution < 1.29 is 9.47 Å². The second-order valence-corrected chi connectivity index (χ2v) is 6.43. The Hall–Kier alpha value is -0.0800. The zero-order chi connectivity index (χ0) is 14.0. The smallest absolute Gasteiger partial charge is 0.168 e. The molecule has 1 aliphatic heterocycles. The molecule has 19 heavy (non-hydrogen) atoms. The molecule has 0 aliphatic carbocycles. The molecular weight excluding hydrogens is 236 g/mol. The van der Waals surface area contributed by atoms with Gasteiger partial charge >= 0.3 is 0 Å². The van der Waals surface area contributed by atoms with E-state index >= 15 is 0 Å². The van der Waals surface area contributed by atoms with Crippen LogP contribution in [0.3, 0.4) is 0 Å². The molecule has 1 aliphatic rings. The summed E-state index contributed by atoms with van der Waals surface area (Å²) in [6.07, 6.45) is 12.4. The molecule has 0 saturated carbocycles. The average Bonchev–Trinajstić information content (AvgIpc) is 2.59. The summed E-state index contributed by atoms with van der Waals surface area (Å²) >= 11 is 0. The summed E-state index contributed by atoms with van der Waals surface area (Å²) in [4.78, 5) is 0. The van der Waals surface area contributed by atoms with Crippen LogP contribution in [-0.4, -0.2) is 19.0 Å². The summed E-state index contributed by atoms with van der Waals surface area (Å²) in [5.74, 6) is 0.369. The molecule has 0 N–H and O–H groups in total. The zero-order valence-electron chi connectivity index (χ0n) is 13.4. The van der Waals surface area contributed by atoms with Gasteiger partial charge in [-0.25, -0.2) is 0 Å². The molecule has 2 heteroatoms. The molecule has 1 fully saturated rings. The van der Waals surface area contributed by atoms with Crippen molar-refractivity contribution in [2.24, 2.45) is 5.92 Å². The SMILES string of the molecule is CCCCCCCCC1(CC(C)C)OCCCCO1. The fourth-order valence-corrected chi connectivity index (χ4v) is 2.92. The van der Waals surface area contributed by atoms with E-state index in [-0.39, 0.29) is 5.79 Å². The fourth-order valence-electron chi connectivity index (χ4n) is 2.92. The molecule has 0 aromatic carbocycles. The standard InChI is InChI=1S/C17H34O2/c1-4-5-6-7-8-9-12-17(15-16(2)3)18-13-10-11-14-19-17/h16H,4-15H2,1-3H3. The molecule has 1 saturated heterocycles. The molecule has 0 unspecified atom stereocenters. The third kappa shape index (κ3) is 7.31. The first-order valence-electron chi connectivity index (χ1n) is 8.46. The van der Waals surface area contributed by atoms with Crippen LogP contribution in [-0.2, 0) is 9.47 Å². The largest absolute Gasteiger partial charge is 0.350 e. The van der Waals surface area contributed by atoms with E-state index in [1.165, 1.54) is 38.5 Å².